The van der Waals surface area contributed by atoms with Gasteiger partial charge in [0.2, 0.25) is 0 Å². The fourth-order valence-electron chi connectivity index (χ4n) is 4.64. The smallest absolute Gasteiger partial charge is 0.369 e. The van der Waals surface area contributed by atoms with E-state index in [2.05, 4.69) is 0 Å². The Hall–Kier alpha value is 0.500. The lowest BCUT2D eigenvalue weighted by atomic mass is 10.2. The molecule has 0 bridgehead atoms. The average Bonchev–Trinajstić information content (AvgIpc) is 3.02. The Labute approximate surface area is 356 Å². The topological polar surface area (TPSA) is 542 Å². The van der Waals surface area contributed by atoms with E-state index < -0.39 is 80.1 Å². The molecule has 23 N–H and O–H groups in total. The summed E-state index contributed by atoms with van der Waals surface area (Å²) in [7, 11) is -27.0. The third-order valence-corrected chi connectivity index (χ3v) is 20.3. The molecule has 0 aromatic rings. The van der Waals surface area contributed by atoms with Gasteiger partial charge in [0.05, 0.1) is 0 Å². The molecule has 0 saturated heterocycles. The molecule has 0 aliphatic carbocycles. The van der Waals surface area contributed by atoms with Crippen LogP contribution in [0.4, 0.5) is 0 Å². The van der Waals surface area contributed by atoms with E-state index in [-0.39, 0.29) is 41.5 Å². The maximum absolute atomic E-state index is 11.1. The molecular weight excluding hydrogens is 952 g/mol. The summed E-state index contributed by atoms with van der Waals surface area (Å²) in [6.45, 7) is 7.93. The number of hydrogen-bond donors (Lipinski definition) is 15. The van der Waals surface area contributed by atoms with Crippen molar-refractivity contribution in [2.75, 3.05) is 60.4 Å². The lowest BCUT2D eigenvalue weighted by molar-refractivity contribution is 0.111. The van der Waals surface area contributed by atoms with Gasteiger partial charge in [0.25, 0.3) is 15.2 Å². The number of unbranched alkanes of at least 4 members (excludes halogenated alkanes) is 6. The van der Waals surface area contributed by atoms with Crippen LogP contribution in [0.3, 0.4) is 0 Å². The monoisotopic (exact) mass is 1030 g/mol. The Morgan fingerprint density at radius 1 is 0.328 bits per heavy atom. The molecule has 0 aromatic heterocycles. The van der Waals surface area contributed by atoms with E-state index in [0.717, 1.165) is 57.8 Å². The normalized spacial score (nSPS) is 13.2. The fraction of sp³-hybridized carbons (Fsp3) is 1.00. The molecule has 380 valence electrons. The van der Waals surface area contributed by atoms with Gasteiger partial charge in [-0.3, -0.25) is 27.4 Å². The first-order valence-electron chi connectivity index (χ1n) is 17.9. The van der Waals surface area contributed by atoms with Gasteiger partial charge < -0.3 is 111 Å². The van der Waals surface area contributed by atoms with Crippen LogP contribution in [0.1, 0.15) is 97.8 Å². The van der Waals surface area contributed by atoms with Crippen LogP contribution in [0.2, 0.25) is 0 Å². The zero-order chi connectivity index (χ0) is 46.0. The van der Waals surface area contributed by atoms with Gasteiger partial charge in [-0.1, -0.05) is 59.3 Å². The second-order valence-electron chi connectivity index (χ2n) is 13.9. The molecule has 28 nitrogen and oxygen atoms in total. The Morgan fingerprint density at radius 3 is 0.590 bits per heavy atom. The summed E-state index contributed by atoms with van der Waals surface area (Å²) in [5.41, 5.74) is 0. The van der Waals surface area contributed by atoms with Crippen LogP contribution in [-0.2, 0) is 27.4 Å². The molecule has 0 heterocycles. The minimum atomic E-state index is -5.33. The minimum Gasteiger partial charge on any atom is -0.412 e. The zero-order valence-corrected chi connectivity index (χ0v) is 40.8. The molecule has 0 amide bonds. The van der Waals surface area contributed by atoms with Crippen LogP contribution in [0.5, 0.6) is 0 Å². The van der Waals surface area contributed by atoms with E-state index in [4.69, 9.17) is 58.7 Å². The zero-order valence-electron chi connectivity index (χ0n) is 35.4. The number of rotatable bonds is 27. The van der Waals surface area contributed by atoms with Crippen molar-refractivity contribution in [2.45, 2.75) is 113 Å². The van der Waals surface area contributed by atoms with E-state index >= 15 is 0 Å². The van der Waals surface area contributed by atoms with Crippen molar-refractivity contribution < 1.29 is 123 Å². The second kappa shape index (κ2) is 32.2. The lowest BCUT2D eigenvalue weighted by Crippen LogP contribution is -2.34. The Balaban J connectivity index is -0.000000139. The van der Waals surface area contributed by atoms with Crippen LogP contribution >= 0.6 is 45.6 Å². The minimum absolute atomic E-state index is 0. The van der Waals surface area contributed by atoms with Crippen LogP contribution < -0.4 is 0 Å². The van der Waals surface area contributed by atoms with Gasteiger partial charge in [-0.15, -0.1) is 0 Å². The number of nitrogens with zero attached hydrogens (tertiary/aromatic N) is 3. The van der Waals surface area contributed by atoms with Gasteiger partial charge in [0.1, 0.15) is 0 Å². The highest BCUT2D eigenvalue weighted by atomic mass is 31.3. The fourth-order valence-corrected chi connectivity index (χ4v) is 11.1. The summed E-state index contributed by atoms with van der Waals surface area (Å²) < 4.78 is 66.6. The van der Waals surface area contributed by atoms with Crippen LogP contribution in [-0.4, -0.2) is 186 Å². The molecule has 0 radical (unpaired) electrons. The summed E-state index contributed by atoms with van der Waals surface area (Å²) in [4.78, 5) is 112. The van der Waals surface area contributed by atoms with E-state index in [1.54, 1.807) is 35.8 Å². The molecule has 0 atom stereocenters. The lowest BCUT2D eigenvalue weighted by Gasteiger charge is -2.30. The third kappa shape index (κ3) is 27.0. The van der Waals surface area contributed by atoms with E-state index in [0.29, 0.717) is 19.6 Å². The molecule has 0 fully saturated rings. The van der Waals surface area contributed by atoms with Gasteiger partial charge in [-0.2, -0.15) is 0 Å². The van der Waals surface area contributed by atoms with Crippen molar-refractivity contribution in [2.24, 2.45) is 0 Å². The maximum atomic E-state index is 11.1. The Kier molecular flexibility index (Phi) is 40.1. The van der Waals surface area contributed by atoms with Crippen LogP contribution in [0.25, 0.3) is 0 Å². The molecule has 0 aliphatic rings. The summed E-state index contributed by atoms with van der Waals surface area (Å²) in [5, 5.41) is 19.0. The summed E-state index contributed by atoms with van der Waals surface area (Å²) in [6, 6.07) is 0. The van der Waals surface area contributed by atoms with Crippen molar-refractivity contribution in [1.82, 2.24) is 14.7 Å². The first-order valence-corrected chi connectivity index (χ1v) is 27.6. The van der Waals surface area contributed by atoms with Crippen molar-refractivity contribution in [3.05, 3.63) is 0 Å². The van der Waals surface area contributed by atoms with Gasteiger partial charge >= 0.3 is 45.6 Å². The largest absolute Gasteiger partial charge is 0.412 e. The Bertz CT molecular complexity index is 1200. The number of hydrogen-bond acceptors (Lipinski definition) is 12. The van der Waals surface area contributed by atoms with Crippen molar-refractivity contribution >= 4 is 45.6 Å². The van der Waals surface area contributed by atoms with Crippen molar-refractivity contribution in [3.8, 4) is 0 Å². The first kappa shape index (κ1) is 75.8. The molecule has 0 aromatic carbocycles. The molecule has 0 rings (SSSR count). The predicted molar refractivity (Wildman–Crippen MR) is 226 cm³/mol. The second-order valence-corrected chi connectivity index (χ2v) is 25.9. The highest BCUT2D eigenvalue weighted by molar-refractivity contribution is 7.73. The third-order valence-electron chi connectivity index (χ3n) is 8.72. The summed E-state index contributed by atoms with van der Waals surface area (Å²) >= 11 is 0. The maximum Gasteiger partial charge on any atom is 0.369 e. The SMILES string of the molecule is CCCCCN(C)CCC(O)(P(=O)(O)O)P(=O)(O)O.CCCCCN(C)CCC(O)(P(=O)(O)O)P(=O)(O)O.CCCCCN(C)CCC(O)(P(=O)(O)O)P(=O)(O)O.O.O.O.O. The van der Waals surface area contributed by atoms with E-state index in [1.807, 2.05) is 20.8 Å². The Morgan fingerprint density at radius 2 is 0.475 bits per heavy atom. The predicted octanol–water partition coefficient (Wildman–Crippen LogP) is -1.80. The average molecular weight is 1030 g/mol. The highest BCUT2D eigenvalue weighted by Gasteiger charge is 2.60. The molecule has 0 aliphatic heterocycles. The van der Waals surface area contributed by atoms with Gasteiger partial charge in [0, 0.05) is 38.9 Å². The van der Waals surface area contributed by atoms with Crippen molar-refractivity contribution in [3.63, 3.8) is 0 Å². The quantitative estimate of drug-likeness (QED) is 0.0319. The molecule has 0 unspecified atom stereocenters. The summed E-state index contributed by atoms with van der Waals surface area (Å²) in [5.74, 6) is 0. The molecular formula is C27H77N3O25P6. The van der Waals surface area contributed by atoms with E-state index in [1.165, 1.54) is 0 Å². The summed E-state index contributed by atoms with van der Waals surface area (Å²) in [6.07, 6.45) is 6.57. The first-order chi connectivity index (χ1) is 25.4. The van der Waals surface area contributed by atoms with E-state index in [9.17, 15) is 42.7 Å². The van der Waals surface area contributed by atoms with Gasteiger partial charge in [0.15, 0.2) is 0 Å². The molecule has 0 spiro atoms. The molecule has 34 heteroatoms. The number of aliphatic hydroxyl groups is 3. The van der Waals surface area contributed by atoms with Crippen molar-refractivity contribution in [1.29, 1.82) is 0 Å². The molecule has 0 saturated carbocycles. The standard InChI is InChI=1S/3C9H23NO7P2.4H2O/c3*1-3-4-5-7-10(2)8-6-9(11,18(12,13)14)19(15,16)17;;;;/h3*11H,3-8H2,1-2H3,(H2,12,13,14)(H2,15,16,17);4*1H2. The van der Waals surface area contributed by atoms with Crippen LogP contribution in [0.15, 0.2) is 0 Å². The van der Waals surface area contributed by atoms with Gasteiger partial charge in [-0.25, -0.2) is 0 Å². The van der Waals surface area contributed by atoms with Gasteiger partial charge in [-0.05, 0) is 60.0 Å². The van der Waals surface area contributed by atoms with Crippen LogP contribution in [0, 0.1) is 0 Å². The molecule has 61 heavy (non-hydrogen) atoms. The highest BCUT2D eigenvalue weighted by Crippen LogP contribution is 2.70.